The summed E-state index contributed by atoms with van der Waals surface area (Å²) in [7, 11) is 4.02. The van der Waals surface area contributed by atoms with E-state index in [1.807, 2.05) is 42.7 Å². The first kappa shape index (κ1) is 38.1. The molecule has 13 heteroatoms. The molecule has 5 fully saturated rings. The average molecular weight is 809 g/mol. The molecule has 2 bridgehead atoms. The third kappa shape index (κ3) is 6.41. The van der Waals surface area contributed by atoms with Crippen LogP contribution in [0.4, 0.5) is 0 Å². The second-order valence-electron chi connectivity index (χ2n) is 17.6. The molecule has 11 rings (SSSR count). The van der Waals surface area contributed by atoms with Crippen molar-refractivity contribution in [3.05, 3.63) is 96.6 Å². The highest BCUT2D eigenvalue weighted by molar-refractivity contribution is 6.23. The number of carbonyl (C=O) groups excluding carboxylic acids is 4. The van der Waals surface area contributed by atoms with Gasteiger partial charge in [0.15, 0.2) is 0 Å². The number of allylic oxidation sites excluding steroid dienone is 1. The van der Waals surface area contributed by atoms with Crippen LogP contribution in [-0.4, -0.2) is 93.0 Å². The van der Waals surface area contributed by atoms with Crippen molar-refractivity contribution >= 4 is 45.4 Å². The Kier molecular flexibility index (Phi) is 9.27. The number of pyridine rings is 2. The van der Waals surface area contributed by atoms with Crippen LogP contribution in [0.15, 0.2) is 85.5 Å². The molecule has 13 nitrogen and oxygen atoms in total. The van der Waals surface area contributed by atoms with E-state index in [9.17, 15) is 19.2 Å². The summed E-state index contributed by atoms with van der Waals surface area (Å²) < 4.78 is 20.4. The van der Waals surface area contributed by atoms with Crippen LogP contribution >= 0.6 is 0 Å². The SMILES string of the molecule is C=C1CCC(N2C(=O)c3ccc(OCCCCOCC45CC(C(=O)N(C)C6CC(Oc7ccc(-c8ccc9c%10cnccc%10n(C)c9c8)cn7)C6)(C4)C5)cc3C2=O)C(=O)N1. The van der Waals surface area contributed by atoms with Gasteiger partial charge >= 0.3 is 0 Å². The standard InChI is InChI=1S/C47H48N6O7/c1-28-6-12-39(42(54)50-28)53-43(55)35-11-9-32(21-36(35)44(53)56)59-17-5-4-16-58-27-46-24-47(25-46,26-46)45(57)51(2)31-19-33(20-31)60-41-13-8-30(22-49-41)29-7-10-34-37-23-48-15-14-38(37)52(3)40(34)18-29/h7-11,13-15,18,21-23,31,33,39H,1,4-6,12,16-17,19-20,24-27H2,2-3H3,(H,50,54). The quantitative estimate of drug-likeness (QED) is 0.0971. The van der Waals surface area contributed by atoms with Gasteiger partial charge in [-0.25, -0.2) is 4.98 Å². The Morgan fingerprint density at radius 3 is 2.48 bits per heavy atom. The molecule has 1 unspecified atom stereocenters. The zero-order valence-electron chi connectivity index (χ0n) is 33.9. The van der Waals surface area contributed by atoms with Gasteiger partial charge in [0.1, 0.15) is 17.9 Å². The fraction of sp³-hybridized carbons (Fsp3) is 0.404. The average Bonchev–Trinajstić information content (AvgIpc) is 3.63. The molecule has 60 heavy (non-hydrogen) atoms. The first-order valence-electron chi connectivity index (χ1n) is 21.0. The Bertz CT molecular complexity index is 2570. The number of fused-ring (bicyclic) bond motifs is 4. The lowest BCUT2D eigenvalue weighted by atomic mass is 9.35. The minimum Gasteiger partial charge on any atom is -0.494 e. The monoisotopic (exact) mass is 808 g/mol. The van der Waals surface area contributed by atoms with Crippen molar-refractivity contribution in [3.63, 3.8) is 0 Å². The number of aromatic nitrogens is 3. The Balaban J connectivity index is 0.621. The number of carbonyl (C=O) groups is 4. The van der Waals surface area contributed by atoms with Gasteiger partial charge < -0.3 is 29.0 Å². The van der Waals surface area contributed by atoms with E-state index in [1.54, 1.807) is 18.2 Å². The zero-order valence-corrected chi connectivity index (χ0v) is 33.9. The summed E-state index contributed by atoms with van der Waals surface area (Å²) >= 11 is 0. The molecule has 4 amide bonds. The highest BCUT2D eigenvalue weighted by atomic mass is 16.5. The number of imide groups is 1. The fourth-order valence-electron chi connectivity index (χ4n) is 10.3. The number of aryl methyl sites for hydroxylation is 1. The minimum atomic E-state index is -0.843. The predicted molar refractivity (Wildman–Crippen MR) is 223 cm³/mol. The summed E-state index contributed by atoms with van der Waals surface area (Å²) in [4.78, 5) is 64.1. The largest absolute Gasteiger partial charge is 0.494 e. The Morgan fingerprint density at radius 2 is 1.70 bits per heavy atom. The zero-order chi connectivity index (χ0) is 41.3. The summed E-state index contributed by atoms with van der Waals surface area (Å²) in [5.41, 5.74) is 5.43. The molecular formula is C47H48N6O7. The van der Waals surface area contributed by atoms with Crippen LogP contribution in [0.1, 0.15) is 78.5 Å². The maximum atomic E-state index is 13.6. The minimum absolute atomic E-state index is 0.0375. The number of hydrogen-bond donors (Lipinski definition) is 1. The van der Waals surface area contributed by atoms with E-state index in [2.05, 4.69) is 57.7 Å². The van der Waals surface area contributed by atoms with E-state index in [0.717, 1.165) is 77.4 Å². The van der Waals surface area contributed by atoms with Gasteiger partial charge in [0, 0.05) is 91.8 Å². The lowest BCUT2D eigenvalue weighted by Crippen LogP contribution is -2.70. The summed E-state index contributed by atoms with van der Waals surface area (Å²) in [6, 6.07) is 16.7. The van der Waals surface area contributed by atoms with Crippen LogP contribution in [0.25, 0.3) is 32.9 Å². The summed E-state index contributed by atoms with van der Waals surface area (Å²) in [6.07, 6.45) is 12.3. The van der Waals surface area contributed by atoms with Crippen molar-refractivity contribution in [2.45, 2.75) is 76.0 Å². The second kappa shape index (κ2) is 14.6. The molecule has 1 saturated heterocycles. The van der Waals surface area contributed by atoms with Gasteiger partial charge in [0.05, 0.1) is 35.3 Å². The number of benzene rings is 2. The Hall–Kier alpha value is -6.08. The lowest BCUT2D eigenvalue weighted by molar-refractivity contribution is -0.235. The number of amides is 4. The van der Waals surface area contributed by atoms with Crippen molar-refractivity contribution in [2.24, 2.45) is 17.9 Å². The molecular weight excluding hydrogens is 761 g/mol. The molecule has 5 heterocycles. The normalized spacial score (nSPS) is 25.4. The van der Waals surface area contributed by atoms with Gasteiger partial charge in [-0.1, -0.05) is 18.7 Å². The predicted octanol–water partition coefficient (Wildman–Crippen LogP) is 6.59. The molecule has 2 aliphatic heterocycles. The molecule has 3 aromatic heterocycles. The van der Waals surface area contributed by atoms with Crippen LogP contribution in [0.2, 0.25) is 0 Å². The van der Waals surface area contributed by atoms with Gasteiger partial charge in [-0.2, -0.15) is 0 Å². The van der Waals surface area contributed by atoms with Gasteiger partial charge in [-0.3, -0.25) is 29.1 Å². The van der Waals surface area contributed by atoms with Crippen molar-refractivity contribution in [3.8, 4) is 22.8 Å². The summed E-state index contributed by atoms with van der Waals surface area (Å²) in [6.45, 7) is 5.48. The van der Waals surface area contributed by atoms with Gasteiger partial charge in [0.25, 0.3) is 11.8 Å². The topological polar surface area (TPSA) is 145 Å². The first-order valence-corrected chi connectivity index (χ1v) is 21.0. The second-order valence-corrected chi connectivity index (χ2v) is 17.6. The lowest BCUT2D eigenvalue weighted by Gasteiger charge is -2.70. The molecule has 0 spiro atoms. The van der Waals surface area contributed by atoms with Crippen molar-refractivity contribution in [1.82, 2.24) is 29.7 Å². The third-order valence-corrected chi connectivity index (χ3v) is 13.6. The van der Waals surface area contributed by atoms with Crippen molar-refractivity contribution < 1.29 is 33.4 Å². The molecule has 4 saturated carbocycles. The Labute approximate surface area is 347 Å². The van der Waals surface area contributed by atoms with E-state index >= 15 is 0 Å². The number of ether oxygens (including phenoxy) is 3. The summed E-state index contributed by atoms with van der Waals surface area (Å²) in [5.74, 6) is 0.0331. The molecule has 0 radical (unpaired) electrons. The summed E-state index contributed by atoms with van der Waals surface area (Å²) in [5, 5.41) is 4.98. The fourth-order valence-corrected chi connectivity index (χ4v) is 10.3. The number of piperidine rings is 1. The number of hydrogen-bond acceptors (Lipinski definition) is 9. The van der Waals surface area contributed by atoms with Crippen LogP contribution in [0, 0.1) is 10.8 Å². The number of nitrogens with zero attached hydrogens (tertiary/aromatic N) is 5. The Morgan fingerprint density at radius 1 is 0.917 bits per heavy atom. The van der Waals surface area contributed by atoms with E-state index in [-0.39, 0.29) is 45.9 Å². The van der Waals surface area contributed by atoms with Crippen LogP contribution in [0.5, 0.6) is 11.6 Å². The van der Waals surface area contributed by atoms with Gasteiger partial charge in [0.2, 0.25) is 17.7 Å². The maximum absolute atomic E-state index is 13.6. The van der Waals surface area contributed by atoms with Gasteiger partial charge in [-0.15, -0.1) is 0 Å². The van der Waals surface area contributed by atoms with Crippen LogP contribution in [-0.2, 0) is 21.4 Å². The smallest absolute Gasteiger partial charge is 0.262 e. The molecule has 2 aromatic carbocycles. The van der Waals surface area contributed by atoms with Gasteiger partial charge in [-0.05, 0) is 92.3 Å². The molecule has 308 valence electrons. The molecule has 6 aliphatic rings. The molecule has 1 N–H and O–H groups in total. The number of rotatable bonds is 14. The van der Waals surface area contributed by atoms with E-state index in [0.29, 0.717) is 50.0 Å². The maximum Gasteiger partial charge on any atom is 0.262 e. The third-order valence-electron chi connectivity index (χ3n) is 13.6. The van der Waals surface area contributed by atoms with Crippen molar-refractivity contribution in [2.75, 3.05) is 26.9 Å². The first-order chi connectivity index (χ1) is 29.0. The number of unbranched alkanes of at least 4 members (excludes halogenated alkanes) is 1. The number of nitrogens with one attached hydrogen (secondary N) is 1. The highest BCUT2D eigenvalue weighted by Gasteiger charge is 2.72. The van der Waals surface area contributed by atoms with E-state index in [1.165, 1.54) is 5.39 Å². The van der Waals surface area contributed by atoms with Crippen LogP contribution < -0.4 is 14.8 Å². The highest BCUT2D eigenvalue weighted by Crippen LogP contribution is 2.74. The van der Waals surface area contributed by atoms with E-state index < -0.39 is 17.9 Å². The van der Waals surface area contributed by atoms with Crippen LogP contribution in [0.3, 0.4) is 0 Å². The molecule has 4 aliphatic carbocycles. The van der Waals surface area contributed by atoms with Crippen molar-refractivity contribution in [1.29, 1.82) is 0 Å². The van der Waals surface area contributed by atoms with E-state index in [4.69, 9.17) is 14.2 Å². The molecule has 1 atom stereocenters. The molecule has 5 aromatic rings.